The van der Waals surface area contributed by atoms with E-state index in [9.17, 15) is 4.79 Å². The topological polar surface area (TPSA) is 25.2 Å². The highest BCUT2D eigenvalue weighted by molar-refractivity contribution is 5.95. The fourth-order valence-corrected chi connectivity index (χ4v) is 4.03. The minimum absolute atomic E-state index is 0.193. The van der Waals surface area contributed by atoms with Gasteiger partial charge in [-0.2, -0.15) is 0 Å². The van der Waals surface area contributed by atoms with Gasteiger partial charge in [-0.1, -0.05) is 42.5 Å². The van der Waals surface area contributed by atoms with Gasteiger partial charge in [0.15, 0.2) is 0 Å². The number of hydrogen-bond donors (Lipinski definition) is 0. The fraction of sp³-hybridized carbons (Fsp3) is 0.286. The van der Waals surface area contributed by atoms with E-state index in [-0.39, 0.29) is 11.8 Å². The summed E-state index contributed by atoms with van der Waals surface area (Å²) in [5.74, 6) is 0.425. The van der Waals surface area contributed by atoms with E-state index in [2.05, 4.69) is 60.1 Å². The van der Waals surface area contributed by atoms with Crippen LogP contribution in [0.4, 0.5) is 0 Å². The molecule has 1 unspecified atom stereocenters. The average molecular weight is 318 g/mol. The third kappa shape index (κ3) is 2.15. The molecule has 1 aliphatic rings. The van der Waals surface area contributed by atoms with Crippen molar-refractivity contribution in [1.29, 1.82) is 0 Å². The van der Waals surface area contributed by atoms with Crippen LogP contribution in [0.3, 0.4) is 0 Å². The lowest BCUT2D eigenvalue weighted by Gasteiger charge is -2.27. The average Bonchev–Trinajstić information content (AvgIpc) is 2.89. The number of nitrogens with zero attached hydrogens (tertiary/aromatic N) is 2. The normalized spacial score (nSPS) is 15.9. The van der Waals surface area contributed by atoms with Crippen LogP contribution in [0.2, 0.25) is 0 Å². The van der Waals surface area contributed by atoms with Gasteiger partial charge in [0, 0.05) is 44.0 Å². The molecule has 24 heavy (non-hydrogen) atoms. The Labute approximate surface area is 142 Å². The molecule has 2 aromatic carbocycles. The first-order chi connectivity index (χ1) is 11.6. The second-order valence-electron chi connectivity index (χ2n) is 6.89. The summed E-state index contributed by atoms with van der Waals surface area (Å²) >= 11 is 0. The van der Waals surface area contributed by atoms with Crippen molar-refractivity contribution in [2.24, 2.45) is 7.05 Å². The molecule has 3 aromatic rings. The molecule has 1 aromatic heterocycles. The van der Waals surface area contributed by atoms with Crippen molar-refractivity contribution in [2.75, 3.05) is 14.1 Å². The van der Waals surface area contributed by atoms with E-state index in [0.717, 1.165) is 6.42 Å². The zero-order valence-electron chi connectivity index (χ0n) is 14.4. The molecule has 0 N–H and O–H groups in total. The highest BCUT2D eigenvalue weighted by Crippen LogP contribution is 2.45. The predicted octanol–water partition coefficient (Wildman–Crippen LogP) is 3.96. The monoisotopic (exact) mass is 318 g/mol. The number of para-hydroxylation sites is 1. The number of aryl methyl sites for hydroxylation is 1. The van der Waals surface area contributed by atoms with Crippen LogP contribution in [-0.4, -0.2) is 29.5 Å². The van der Waals surface area contributed by atoms with E-state index >= 15 is 0 Å². The number of aromatic nitrogens is 1. The van der Waals surface area contributed by atoms with Crippen LogP contribution in [0.15, 0.2) is 48.5 Å². The molecule has 3 nitrogen and oxygen atoms in total. The van der Waals surface area contributed by atoms with Crippen molar-refractivity contribution in [1.82, 2.24) is 9.47 Å². The molecule has 122 valence electrons. The van der Waals surface area contributed by atoms with E-state index in [1.807, 2.05) is 14.1 Å². The number of carbonyl (C=O) groups excluding carboxylic acids is 1. The van der Waals surface area contributed by atoms with Gasteiger partial charge >= 0.3 is 0 Å². The van der Waals surface area contributed by atoms with Crippen LogP contribution in [0.1, 0.15) is 23.5 Å². The van der Waals surface area contributed by atoms with E-state index < -0.39 is 0 Å². The Morgan fingerprint density at radius 2 is 1.83 bits per heavy atom. The van der Waals surface area contributed by atoms with Crippen molar-refractivity contribution >= 4 is 16.8 Å². The Bertz CT molecular complexity index is 936. The first kappa shape index (κ1) is 15.0. The number of carbonyl (C=O) groups is 1. The lowest BCUT2D eigenvalue weighted by atomic mass is 9.79. The number of amides is 1. The first-order valence-electron chi connectivity index (χ1n) is 8.43. The van der Waals surface area contributed by atoms with Gasteiger partial charge in [0.05, 0.1) is 5.69 Å². The number of benzene rings is 2. The first-order valence-corrected chi connectivity index (χ1v) is 8.43. The van der Waals surface area contributed by atoms with Crippen molar-refractivity contribution in [2.45, 2.75) is 18.8 Å². The number of fused-ring (bicyclic) bond motifs is 5. The van der Waals surface area contributed by atoms with E-state index in [1.54, 1.807) is 4.90 Å². The molecule has 0 radical (unpaired) electrons. The lowest BCUT2D eigenvalue weighted by molar-refractivity contribution is -0.129. The lowest BCUT2D eigenvalue weighted by Crippen LogP contribution is -2.25. The van der Waals surface area contributed by atoms with Crippen LogP contribution in [-0.2, 0) is 18.3 Å². The minimum Gasteiger partial charge on any atom is -0.349 e. The second kappa shape index (κ2) is 5.52. The second-order valence-corrected chi connectivity index (χ2v) is 6.89. The van der Waals surface area contributed by atoms with Gasteiger partial charge in [-0.15, -0.1) is 0 Å². The third-order valence-corrected chi connectivity index (χ3v) is 5.21. The standard InChI is InChI=1S/C21H22N2O/c1-22(2)19(24)13-15-12-14-8-4-5-9-16(14)21-20(15)17-10-6-7-11-18(17)23(21)3/h4-11,15H,12-13H2,1-3H3. The van der Waals surface area contributed by atoms with Crippen LogP contribution < -0.4 is 0 Å². The fourth-order valence-electron chi connectivity index (χ4n) is 4.03. The molecule has 1 atom stereocenters. The molecule has 3 heteroatoms. The zero-order chi connectivity index (χ0) is 16.8. The van der Waals surface area contributed by atoms with Crippen LogP contribution in [0.25, 0.3) is 22.2 Å². The molecule has 0 fully saturated rings. The Morgan fingerprint density at radius 3 is 2.62 bits per heavy atom. The molecule has 1 aliphatic carbocycles. The number of hydrogen-bond acceptors (Lipinski definition) is 1. The summed E-state index contributed by atoms with van der Waals surface area (Å²) in [6.07, 6.45) is 1.49. The van der Waals surface area contributed by atoms with Crippen LogP contribution >= 0.6 is 0 Å². The van der Waals surface area contributed by atoms with Crippen LogP contribution in [0.5, 0.6) is 0 Å². The molecule has 1 heterocycles. The summed E-state index contributed by atoms with van der Waals surface area (Å²) < 4.78 is 2.29. The molecule has 0 saturated heterocycles. The van der Waals surface area contributed by atoms with Gasteiger partial charge in [-0.3, -0.25) is 4.79 Å². The van der Waals surface area contributed by atoms with E-state index in [4.69, 9.17) is 0 Å². The molecular weight excluding hydrogens is 296 g/mol. The van der Waals surface area contributed by atoms with Gasteiger partial charge in [-0.25, -0.2) is 0 Å². The minimum atomic E-state index is 0.193. The quantitative estimate of drug-likeness (QED) is 0.702. The molecule has 0 saturated carbocycles. The summed E-state index contributed by atoms with van der Waals surface area (Å²) in [7, 11) is 5.81. The van der Waals surface area contributed by atoms with Crippen LogP contribution in [0, 0.1) is 0 Å². The molecule has 0 bridgehead atoms. The SMILES string of the molecule is CN(C)C(=O)CC1Cc2ccccc2-c2c1c1ccccc1n2C. The summed E-state index contributed by atoms with van der Waals surface area (Å²) in [6.45, 7) is 0. The van der Waals surface area contributed by atoms with Gasteiger partial charge < -0.3 is 9.47 Å². The van der Waals surface area contributed by atoms with Crippen molar-refractivity contribution in [3.8, 4) is 11.3 Å². The zero-order valence-corrected chi connectivity index (χ0v) is 14.4. The summed E-state index contributed by atoms with van der Waals surface area (Å²) in [5.41, 5.74) is 6.49. The Hall–Kier alpha value is -2.55. The molecule has 0 spiro atoms. The van der Waals surface area contributed by atoms with E-state index in [0.29, 0.717) is 6.42 Å². The van der Waals surface area contributed by atoms with Gasteiger partial charge in [-0.05, 0) is 29.5 Å². The van der Waals surface area contributed by atoms with Gasteiger partial charge in [0.25, 0.3) is 0 Å². The van der Waals surface area contributed by atoms with Gasteiger partial charge in [0.1, 0.15) is 0 Å². The van der Waals surface area contributed by atoms with Gasteiger partial charge in [0.2, 0.25) is 5.91 Å². The summed E-state index contributed by atoms with van der Waals surface area (Å²) in [6, 6.07) is 17.1. The Kier molecular flexibility index (Phi) is 3.45. The highest BCUT2D eigenvalue weighted by atomic mass is 16.2. The smallest absolute Gasteiger partial charge is 0.222 e. The summed E-state index contributed by atoms with van der Waals surface area (Å²) in [4.78, 5) is 14.1. The van der Waals surface area contributed by atoms with Crippen molar-refractivity contribution in [3.63, 3.8) is 0 Å². The molecule has 0 aliphatic heterocycles. The maximum absolute atomic E-state index is 12.4. The largest absolute Gasteiger partial charge is 0.349 e. The maximum Gasteiger partial charge on any atom is 0.222 e. The Morgan fingerprint density at radius 1 is 1.12 bits per heavy atom. The summed E-state index contributed by atoms with van der Waals surface area (Å²) in [5, 5.41) is 1.28. The van der Waals surface area contributed by atoms with Crippen molar-refractivity contribution in [3.05, 3.63) is 59.7 Å². The predicted molar refractivity (Wildman–Crippen MR) is 98.1 cm³/mol. The Balaban J connectivity index is 1.97. The molecular formula is C21H22N2O. The number of rotatable bonds is 2. The molecule has 4 rings (SSSR count). The third-order valence-electron chi connectivity index (χ3n) is 5.21. The highest BCUT2D eigenvalue weighted by Gasteiger charge is 2.31. The maximum atomic E-state index is 12.4. The van der Waals surface area contributed by atoms with Crippen molar-refractivity contribution < 1.29 is 4.79 Å². The van der Waals surface area contributed by atoms with E-state index in [1.165, 1.54) is 33.3 Å². The molecule has 1 amide bonds.